The molecule has 0 aliphatic carbocycles. The van der Waals surface area contributed by atoms with Crippen molar-refractivity contribution < 1.29 is 13.2 Å². The van der Waals surface area contributed by atoms with Crippen molar-refractivity contribution in [2.75, 3.05) is 39.3 Å². The number of nitrogens with one attached hydrogen (secondary N) is 1. The first-order valence-electron chi connectivity index (χ1n) is 8.57. The van der Waals surface area contributed by atoms with Gasteiger partial charge in [-0.2, -0.15) is 4.31 Å². The number of halogens is 1. The molecule has 2 heterocycles. The number of carbonyl (C=O) groups is 1. The van der Waals surface area contributed by atoms with Crippen molar-refractivity contribution in [3.8, 4) is 0 Å². The van der Waals surface area contributed by atoms with E-state index in [-0.39, 0.29) is 30.0 Å². The van der Waals surface area contributed by atoms with Crippen molar-refractivity contribution in [1.82, 2.24) is 14.5 Å². The third-order valence-electron chi connectivity index (χ3n) is 4.78. The largest absolute Gasteiger partial charge is 0.340 e. The lowest BCUT2D eigenvalue weighted by Crippen LogP contribution is -2.53. The topological polar surface area (TPSA) is 69.7 Å². The van der Waals surface area contributed by atoms with E-state index in [0.29, 0.717) is 26.2 Å². The lowest BCUT2D eigenvalue weighted by Gasteiger charge is -2.36. The Bertz CT molecular complexity index is 655. The van der Waals surface area contributed by atoms with E-state index < -0.39 is 10.0 Å². The number of piperazine rings is 1. The molecule has 2 saturated heterocycles. The average Bonchev–Trinajstić information content (AvgIpc) is 2.62. The van der Waals surface area contributed by atoms with Crippen molar-refractivity contribution in [3.63, 3.8) is 0 Å². The Labute approximate surface area is 156 Å². The van der Waals surface area contributed by atoms with E-state index in [1.807, 2.05) is 35.2 Å². The molecule has 140 valence electrons. The molecule has 1 amide bonds. The summed E-state index contributed by atoms with van der Waals surface area (Å²) in [7, 11) is -3.33. The number of piperidine rings is 1. The van der Waals surface area contributed by atoms with Crippen LogP contribution in [-0.4, -0.2) is 62.8 Å². The molecule has 1 unspecified atom stereocenters. The molecule has 8 heteroatoms. The van der Waals surface area contributed by atoms with Crippen LogP contribution in [0.2, 0.25) is 0 Å². The van der Waals surface area contributed by atoms with E-state index in [2.05, 4.69) is 5.32 Å². The fraction of sp³-hybridized carbons (Fsp3) is 0.588. The molecule has 1 atom stereocenters. The first-order chi connectivity index (χ1) is 11.6. The molecule has 25 heavy (non-hydrogen) atoms. The van der Waals surface area contributed by atoms with Crippen molar-refractivity contribution in [2.24, 2.45) is 5.92 Å². The monoisotopic (exact) mass is 387 g/mol. The minimum absolute atomic E-state index is 0. The maximum absolute atomic E-state index is 12.5. The summed E-state index contributed by atoms with van der Waals surface area (Å²) in [6.07, 6.45) is 1.96. The van der Waals surface area contributed by atoms with Crippen LogP contribution in [0.4, 0.5) is 0 Å². The minimum Gasteiger partial charge on any atom is -0.340 e. The lowest BCUT2D eigenvalue weighted by molar-refractivity contribution is -0.137. The number of carbonyl (C=O) groups excluding carboxylic acids is 1. The van der Waals surface area contributed by atoms with Gasteiger partial charge < -0.3 is 10.2 Å². The molecular weight excluding hydrogens is 362 g/mol. The zero-order valence-corrected chi connectivity index (χ0v) is 15.9. The molecule has 0 spiro atoms. The van der Waals surface area contributed by atoms with Crippen molar-refractivity contribution in [3.05, 3.63) is 35.9 Å². The summed E-state index contributed by atoms with van der Waals surface area (Å²) in [6, 6.07) is 9.22. The quantitative estimate of drug-likeness (QED) is 0.839. The van der Waals surface area contributed by atoms with E-state index in [0.717, 1.165) is 31.5 Å². The Hall–Kier alpha value is -1.15. The number of nitrogens with zero attached hydrogens (tertiary/aromatic N) is 2. The lowest BCUT2D eigenvalue weighted by atomic mass is 9.98. The normalized spacial score (nSPS) is 22.2. The maximum Gasteiger partial charge on any atom is 0.227 e. The second-order valence-corrected chi connectivity index (χ2v) is 8.48. The highest BCUT2D eigenvalue weighted by atomic mass is 35.5. The van der Waals surface area contributed by atoms with Gasteiger partial charge in [0, 0.05) is 32.7 Å². The Kier molecular flexibility index (Phi) is 7.25. The summed E-state index contributed by atoms with van der Waals surface area (Å²) >= 11 is 0. The fourth-order valence-corrected chi connectivity index (χ4v) is 4.90. The molecule has 1 aromatic carbocycles. The van der Waals surface area contributed by atoms with Gasteiger partial charge in [-0.05, 0) is 24.9 Å². The predicted octanol–water partition coefficient (Wildman–Crippen LogP) is 1.08. The first kappa shape index (κ1) is 20.2. The molecule has 2 aliphatic heterocycles. The van der Waals surface area contributed by atoms with Crippen LogP contribution in [0.3, 0.4) is 0 Å². The molecule has 0 bridgehead atoms. The molecule has 1 N–H and O–H groups in total. The Morgan fingerprint density at radius 1 is 1.12 bits per heavy atom. The molecule has 1 aromatic rings. The number of benzene rings is 1. The molecular formula is C17H26ClN3O3S. The summed E-state index contributed by atoms with van der Waals surface area (Å²) in [4.78, 5) is 14.3. The van der Waals surface area contributed by atoms with Crippen LogP contribution in [0, 0.1) is 5.92 Å². The van der Waals surface area contributed by atoms with Crippen molar-refractivity contribution in [2.45, 2.75) is 18.6 Å². The highest BCUT2D eigenvalue weighted by molar-refractivity contribution is 7.88. The van der Waals surface area contributed by atoms with Crippen LogP contribution in [-0.2, 0) is 20.6 Å². The third-order valence-corrected chi connectivity index (χ3v) is 6.63. The number of sulfonamides is 1. The van der Waals surface area contributed by atoms with Gasteiger partial charge >= 0.3 is 0 Å². The second kappa shape index (κ2) is 8.98. The Balaban J connectivity index is 0.00000225. The summed E-state index contributed by atoms with van der Waals surface area (Å²) in [5.41, 5.74) is 0.796. The summed E-state index contributed by atoms with van der Waals surface area (Å²) in [5, 5.41) is 3.26. The van der Waals surface area contributed by atoms with Crippen LogP contribution in [0.15, 0.2) is 30.3 Å². The van der Waals surface area contributed by atoms with Crippen molar-refractivity contribution in [1.29, 1.82) is 0 Å². The highest BCUT2D eigenvalue weighted by Gasteiger charge is 2.32. The minimum atomic E-state index is -3.33. The van der Waals surface area contributed by atoms with E-state index in [4.69, 9.17) is 0 Å². The van der Waals surface area contributed by atoms with E-state index in [9.17, 15) is 13.2 Å². The summed E-state index contributed by atoms with van der Waals surface area (Å²) in [6.45, 7) is 3.48. The Morgan fingerprint density at radius 2 is 1.80 bits per heavy atom. The second-order valence-electron chi connectivity index (χ2n) is 6.51. The molecule has 2 aliphatic rings. The maximum atomic E-state index is 12.5. The molecule has 0 aromatic heterocycles. The molecule has 0 saturated carbocycles. The van der Waals surface area contributed by atoms with Crippen LogP contribution in [0.25, 0.3) is 0 Å². The van der Waals surface area contributed by atoms with Gasteiger partial charge in [-0.3, -0.25) is 4.79 Å². The van der Waals surface area contributed by atoms with Gasteiger partial charge in [0.2, 0.25) is 15.9 Å². The van der Waals surface area contributed by atoms with Gasteiger partial charge in [0.25, 0.3) is 0 Å². The van der Waals surface area contributed by atoms with Gasteiger partial charge in [-0.15, -0.1) is 12.4 Å². The molecule has 2 fully saturated rings. The van der Waals surface area contributed by atoms with Crippen LogP contribution < -0.4 is 5.32 Å². The van der Waals surface area contributed by atoms with E-state index >= 15 is 0 Å². The zero-order valence-electron chi connectivity index (χ0n) is 14.3. The third kappa shape index (κ3) is 5.17. The molecule has 6 nitrogen and oxygen atoms in total. The average molecular weight is 388 g/mol. The number of hydrogen-bond acceptors (Lipinski definition) is 4. The summed E-state index contributed by atoms with van der Waals surface area (Å²) in [5.74, 6) is 0.238. The van der Waals surface area contributed by atoms with Crippen LogP contribution >= 0.6 is 12.4 Å². The highest BCUT2D eigenvalue weighted by Crippen LogP contribution is 2.17. The van der Waals surface area contributed by atoms with E-state index in [1.54, 1.807) is 0 Å². The van der Waals surface area contributed by atoms with E-state index in [1.165, 1.54) is 4.31 Å². The SMILES string of the molecule is Cl.O=C(C1CCCNC1)N1CCN(S(=O)(=O)Cc2ccccc2)CC1. The predicted molar refractivity (Wildman–Crippen MR) is 100 cm³/mol. The molecule has 0 radical (unpaired) electrons. The van der Waals surface area contributed by atoms with Crippen LogP contribution in [0.5, 0.6) is 0 Å². The van der Waals surface area contributed by atoms with Gasteiger partial charge in [-0.25, -0.2) is 8.42 Å². The fourth-order valence-electron chi connectivity index (χ4n) is 3.38. The smallest absolute Gasteiger partial charge is 0.227 e. The van der Waals surface area contributed by atoms with Gasteiger partial charge in [-0.1, -0.05) is 30.3 Å². The zero-order chi connectivity index (χ0) is 17.0. The van der Waals surface area contributed by atoms with Gasteiger partial charge in [0.15, 0.2) is 0 Å². The van der Waals surface area contributed by atoms with Gasteiger partial charge in [0.05, 0.1) is 11.7 Å². The van der Waals surface area contributed by atoms with Crippen molar-refractivity contribution >= 4 is 28.3 Å². The number of hydrogen-bond donors (Lipinski definition) is 1. The first-order valence-corrected chi connectivity index (χ1v) is 10.2. The number of rotatable bonds is 4. The molecule has 3 rings (SSSR count). The Morgan fingerprint density at radius 3 is 2.40 bits per heavy atom. The number of amides is 1. The van der Waals surface area contributed by atoms with Crippen LogP contribution in [0.1, 0.15) is 18.4 Å². The standard InChI is InChI=1S/C17H25N3O3S.ClH/c21-17(16-7-4-8-18-13-16)19-9-11-20(12-10-19)24(22,23)14-15-5-2-1-3-6-15;/h1-3,5-6,16,18H,4,7-14H2;1H. The summed E-state index contributed by atoms with van der Waals surface area (Å²) < 4.78 is 26.6. The van der Waals surface area contributed by atoms with Gasteiger partial charge in [0.1, 0.15) is 0 Å².